The van der Waals surface area contributed by atoms with Crippen molar-refractivity contribution >= 4 is 17.4 Å². The summed E-state index contributed by atoms with van der Waals surface area (Å²) < 4.78 is 0. The van der Waals surface area contributed by atoms with Crippen LogP contribution in [0.5, 0.6) is 0 Å². The van der Waals surface area contributed by atoms with Crippen molar-refractivity contribution in [1.29, 1.82) is 0 Å². The van der Waals surface area contributed by atoms with E-state index in [1.807, 2.05) is 17.2 Å². The lowest BCUT2D eigenvalue weighted by Crippen LogP contribution is -2.19. The zero-order valence-electron chi connectivity index (χ0n) is 5.90. The van der Waals surface area contributed by atoms with E-state index in [1.54, 1.807) is 18.0 Å². The van der Waals surface area contributed by atoms with Gasteiger partial charge in [0.2, 0.25) is 0 Å². The predicted octanol–water partition coefficient (Wildman–Crippen LogP) is 0.901. The normalized spacial score (nSPS) is 15.2. The largest absolute Gasteiger partial charge is 0.376 e. The number of rotatable bonds is 1. The monoisotopic (exact) mass is 168 g/mol. The second-order valence-electron chi connectivity index (χ2n) is 2.30. The molecule has 0 bridgehead atoms. The van der Waals surface area contributed by atoms with Crippen molar-refractivity contribution in [1.82, 2.24) is 4.98 Å². The summed E-state index contributed by atoms with van der Waals surface area (Å²) in [6.07, 6.45) is 3.57. The van der Waals surface area contributed by atoms with Gasteiger partial charge in [0.15, 0.2) is 0 Å². The Labute approximate surface area is 69.1 Å². The zero-order chi connectivity index (χ0) is 7.68. The number of hydrogen-bond donors (Lipinski definition) is 1. The highest BCUT2D eigenvalue weighted by atomic mass is 32.2. The molecule has 0 radical (unpaired) electrons. The van der Waals surface area contributed by atoms with Crippen LogP contribution in [0.2, 0.25) is 0 Å². The Bertz CT molecular complexity index is 266. The summed E-state index contributed by atoms with van der Waals surface area (Å²) >= 11 is 1.70. The van der Waals surface area contributed by atoms with Crippen LogP contribution < -0.4 is 4.90 Å². The summed E-state index contributed by atoms with van der Waals surface area (Å²) in [6, 6.07) is 1.92. The number of nitrogens with zero attached hydrogens (tertiary/aromatic N) is 2. The van der Waals surface area contributed by atoms with Crippen LogP contribution in [0.1, 0.15) is 0 Å². The Balaban J connectivity index is 2.39. The Hall–Kier alpha value is -0.740. The molecule has 3 nitrogen and oxygen atoms in total. The molecule has 0 unspecified atom stereocenters. The van der Waals surface area contributed by atoms with Gasteiger partial charge < -0.3 is 10.0 Å². The summed E-state index contributed by atoms with van der Waals surface area (Å²) in [6.45, 7) is 0.0873. The van der Waals surface area contributed by atoms with Crippen molar-refractivity contribution in [3.8, 4) is 0 Å². The molecule has 58 valence electrons. The molecule has 11 heavy (non-hydrogen) atoms. The molecular formula is C7H8N2OS. The average Bonchev–Trinajstić information content (AvgIpc) is 2.47. The molecule has 1 N–H and O–H groups in total. The van der Waals surface area contributed by atoms with Gasteiger partial charge in [0.05, 0.1) is 16.5 Å². The maximum absolute atomic E-state index is 8.90. The van der Waals surface area contributed by atoms with Crippen LogP contribution in [0.15, 0.2) is 23.4 Å². The molecule has 0 amide bonds. The highest BCUT2D eigenvalue weighted by Crippen LogP contribution is 2.36. The van der Waals surface area contributed by atoms with Crippen molar-refractivity contribution in [2.24, 2.45) is 0 Å². The number of aliphatic hydroxyl groups excluding tert-OH is 1. The van der Waals surface area contributed by atoms with Gasteiger partial charge in [-0.25, -0.2) is 0 Å². The molecule has 2 rings (SSSR count). The maximum Gasteiger partial charge on any atom is 0.116 e. The van der Waals surface area contributed by atoms with Gasteiger partial charge in [-0.05, 0) is 6.07 Å². The summed E-state index contributed by atoms with van der Waals surface area (Å²) in [5.41, 5.74) is 1.09. The van der Waals surface area contributed by atoms with Gasteiger partial charge in [-0.3, -0.25) is 4.98 Å². The molecule has 2 heterocycles. The van der Waals surface area contributed by atoms with Crippen molar-refractivity contribution in [3.63, 3.8) is 0 Å². The number of aliphatic hydroxyl groups is 1. The molecule has 0 atom stereocenters. The number of thioether (sulfide) groups is 1. The summed E-state index contributed by atoms with van der Waals surface area (Å²) in [5, 5.41) is 8.90. The van der Waals surface area contributed by atoms with Gasteiger partial charge in [-0.15, -0.1) is 11.8 Å². The van der Waals surface area contributed by atoms with Crippen LogP contribution in [0.25, 0.3) is 0 Å². The second kappa shape index (κ2) is 2.71. The SMILES string of the molecule is OCN1CSc2cnccc21. The first-order chi connectivity index (χ1) is 5.42. The standard InChI is InChI=1S/C7H8N2OS/c10-4-9-5-11-7-3-8-2-1-6(7)9/h1-3,10H,4-5H2. The topological polar surface area (TPSA) is 36.4 Å². The quantitative estimate of drug-likeness (QED) is 0.676. The first kappa shape index (κ1) is 6.94. The molecule has 0 aromatic carbocycles. The fraction of sp³-hybridized carbons (Fsp3) is 0.286. The first-order valence-electron chi connectivity index (χ1n) is 3.34. The third-order valence-corrected chi connectivity index (χ3v) is 2.72. The predicted molar refractivity (Wildman–Crippen MR) is 44.5 cm³/mol. The van der Waals surface area contributed by atoms with Crippen molar-refractivity contribution < 1.29 is 5.11 Å². The van der Waals surface area contributed by atoms with Gasteiger partial charge in [0.1, 0.15) is 6.73 Å². The lowest BCUT2D eigenvalue weighted by molar-refractivity contribution is 0.297. The van der Waals surface area contributed by atoms with Gasteiger partial charge >= 0.3 is 0 Å². The van der Waals surface area contributed by atoms with E-state index in [1.165, 1.54) is 0 Å². The first-order valence-corrected chi connectivity index (χ1v) is 4.33. The summed E-state index contributed by atoms with van der Waals surface area (Å²) in [5.74, 6) is 0.831. The van der Waals surface area contributed by atoms with Crippen LogP contribution in [0.4, 0.5) is 5.69 Å². The Morgan fingerprint density at radius 2 is 2.64 bits per heavy atom. The molecule has 1 aromatic rings. The molecule has 1 aliphatic rings. The average molecular weight is 168 g/mol. The molecule has 0 saturated carbocycles. The van der Waals surface area contributed by atoms with Crippen LogP contribution in [-0.2, 0) is 0 Å². The molecule has 1 aliphatic heterocycles. The molecule has 0 saturated heterocycles. The lowest BCUT2D eigenvalue weighted by atomic mass is 10.4. The maximum atomic E-state index is 8.90. The van der Waals surface area contributed by atoms with E-state index >= 15 is 0 Å². The fourth-order valence-corrected chi connectivity index (χ4v) is 2.08. The highest BCUT2D eigenvalue weighted by Gasteiger charge is 2.17. The number of fused-ring (bicyclic) bond motifs is 1. The molecule has 0 fully saturated rings. The van der Waals surface area contributed by atoms with E-state index in [4.69, 9.17) is 5.11 Å². The highest BCUT2D eigenvalue weighted by molar-refractivity contribution is 7.99. The van der Waals surface area contributed by atoms with Gasteiger partial charge in [0.25, 0.3) is 0 Å². The second-order valence-corrected chi connectivity index (χ2v) is 3.28. The Morgan fingerprint density at radius 1 is 1.73 bits per heavy atom. The van der Waals surface area contributed by atoms with E-state index in [9.17, 15) is 0 Å². The molecule has 0 spiro atoms. The third kappa shape index (κ3) is 1.08. The Kier molecular flexibility index (Phi) is 1.71. The zero-order valence-corrected chi connectivity index (χ0v) is 6.71. The third-order valence-electron chi connectivity index (χ3n) is 1.65. The van der Waals surface area contributed by atoms with Crippen LogP contribution in [0, 0.1) is 0 Å². The van der Waals surface area contributed by atoms with E-state index in [-0.39, 0.29) is 6.73 Å². The number of hydrogen-bond acceptors (Lipinski definition) is 4. The minimum Gasteiger partial charge on any atom is -0.376 e. The van der Waals surface area contributed by atoms with E-state index in [2.05, 4.69) is 4.98 Å². The van der Waals surface area contributed by atoms with Crippen LogP contribution in [0.3, 0.4) is 0 Å². The van der Waals surface area contributed by atoms with Crippen molar-refractivity contribution in [2.75, 3.05) is 17.5 Å². The minimum atomic E-state index is 0.0873. The summed E-state index contributed by atoms with van der Waals surface area (Å²) in [7, 11) is 0. The molecule has 4 heteroatoms. The number of anilines is 1. The fourth-order valence-electron chi connectivity index (χ4n) is 1.08. The lowest BCUT2D eigenvalue weighted by Gasteiger charge is -2.13. The summed E-state index contributed by atoms with van der Waals surface area (Å²) in [4.78, 5) is 7.05. The van der Waals surface area contributed by atoms with Crippen LogP contribution in [-0.4, -0.2) is 22.7 Å². The van der Waals surface area contributed by atoms with Gasteiger partial charge in [0, 0.05) is 12.4 Å². The molecule has 1 aromatic heterocycles. The molecule has 0 aliphatic carbocycles. The minimum absolute atomic E-state index is 0.0873. The van der Waals surface area contributed by atoms with Crippen molar-refractivity contribution in [2.45, 2.75) is 4.90 Å². The van der Waals surface area contributed by atoms with Crippen LogP contribution >= 0.6 is 11.8 Å². The van der Waals surface area contributed by atoms with Gasteiger partial charge in [-0.2, -0.15) is 0 Å². The smallest absolute Gasteiger partial charge is 0.116 e. The van der Waals surface area contributed by atoms with E-state index in [0.29, 0.717) is 0 Å². The number of pyridine rings is 1. The Morgan fingerprint density at radius 3 is 3.45 bits per heavy atom. The van der Waals surface area contributed by atoms with Gasteiger partial charge in [-0.1, -0.05) is 0 Å². The van der Waals surface area contributed by atoms with Crippen molar-refractivity contribution in [3.05, 3.63) is 18.5 Å². The molecular weight excluding hydrogens is 160 g/mol. The van der Waals surface area contributed by atoms with E-state index < -0.39 is 0 Å². The number of aromatic nitrogens is 1. The van der Waals surface area contributed by atoms with E-state index in [0.717, 1.165) is 16.5 Å².